The second-order valence-corrected chi connectivity index (χ2v) is 5.07. The maximum absolute atomic E-state index is 11.6. The van der Waals surface area contributed by atoms with Gasteiger partial charge in [0.15, 0.2) is 0 Å². The number of urea groups is 1. The minimum atomic E-state index is -0.180. The number of rotatable bonds is 4. The van der Waals surface area contributed by atoms with Gasteiger partial charge in [-0.1, -0.05) is 25.4 Å². The van der Waals surface area contributed by atoms with E-state index < -0.39 is 0 Å². The van der Waals surface area contributed by atoms with Crippen molar-refractivity contribution in [2.45, 2.75) is 33.2 Å². The van der Waals surface area contributed by atoms with E-state index in [1.807, 2.05) is 6.92 Å². The smallest absolute Gasteiger partial charge is 0.319 e. The summed E-state index contributed by atoms with van der Waals surface area (Å²) in [6.07, 6.45) is 0.966. The van der Waals surface area contributed by atoms with Crippen LogP contribution >= 0.6 is 11.6 Å². The fraction of sp³-hybridized carbons (Fsp3) is 0.462. The van der Waals surface area contributed by atoms with Crippen LogP contribution in [0.5, 0.6) is 0 Å². The summed E-state index contributed by atoms with van der Waals surface area (Å²) < 4.78 is 0. The number of halogens is 1. The molecule has 0 bridgehead atoms. The minimum absolute atomic E-state index is 0.169. The zero-order valence-corrected chi connectivity index (χ0v) is 11.2. The van der Waals surface area contributed by atoms with Crippen LogP contribution in [0.2, 0.25) is 5.02 Å². The maximum atomic E-state index is 11.6. The van der Waals surface area contributed by atoms with E-state index in [-0.39, 0.29) is 12.1 Å². The lowest BCUT2D eigenvalue weighted by Gasteiger charge is -2.16. The molecule has 0 aliphatic heterocycles. The second kappa shape index (κ2) is 6.50. The first kappa shape index (κ1) is 13.8. The first-order chi connectivity index (χ1) is 7.97. The molecule has 1 aromatic rings. The first-order valence-corrected chi connectivity index (χ1v) is 6.18. The molecule has 3 nitrogen and oxygen atoms in total. The number of nitrogens with one attached hydrogen (secondary N) is 2. The van der Waals surface area contributed by atoms with Gasteiger partial charge in [-0.3, -0.25) is 0 Å². The lowest BCUT2D eigenvalue weighted by molar-refractivity contribution is 0.247. The molecule has 0 saturated carbocycles. The standard InChI is InChI=1S/C13H19ClN2O/c1-9(2)8-10(3)15-13(17)16-12-6-4-11(14)5-7-12/h4-7,9-10H,8H2,1-3H3,(H2,15,16,17). The molecule has 4 heteroatoms. The fourth-order valence-corrected chi connectivity index (χ4v) is 1.82. The van der Waals surface area contributed by atoms with Crippen molar-refractivity contribution in [3.05, 3.63) is 29.3 Å². The summed E-state index contributed by atoms with van der Waals surface area (Å²) in [7, 11) is 0. The molecule has 0 aliphatic carbocycles. The number of amides is 2. The number of hydrogen-bond acceptors (Lipinski definition) is 1. The van der Waals surface area contributed by atoms with Gasteiger partial charge < -0.3 is 10.6 Å². The molecule has 17 heavy (non-hydrogen) atoms. The Hall–Kier alpha value is -1.22. The molecule has 0 aromatic heterocycles. The number of hydrogen-bond donors (Lipinski definition) is 2. The van der Waals surface area contributed by atoms with Crippen molar-refractivity contribution in [2.75, 3.05) is 5.32 Å². The van der Waals surface area contributed by atoms with Gasteiger partial charge in [-0.25, -0.2) is 4.79 Å². The lowest BCUT2D eigenvalue weighted by Crippen LogP contribution is -2.36. The zero-order valence-electron chi connectivity index (χ0n) is 10.5. The van der Waals surface area contributed by atoms with Gasteiger partial charge in [0.25, 0.3) is 0 Å². The van der Waals surface area contributed by atoms with Gasteiger partial charge in [0.05, 0.1) is 0 Å². The van der Waals surface area contributed by atoms with Gasteiger partial charge in [0.2, 0.25) is 0 Å². The molecule has 94 valence electrons. The highest BCUT2D eigenvalue weighted by Crippen LogP contribution is 2.13. The van der Waals surface area contributed by atoms with E-state index in [9.17, 15) is 4.79 Å². The van der Waals surface area contributed by atoms with Gasteiger partial charge >= 0.3 is 6.03 Å². The van der Waals surface area contributed by atoms with Crippen molar-refractivity contribution in [3.63, 3.8) is 0 Å². The van der Waals surface area contributed by atoms with Crippen LogP contribution in [0, 0.1) is 5.92 Å². The number of benzene rings is 1. The summed E-state index contributed by atoms with van der Waals surface area (Å²) in [5, 5.41) is 6.31. The molecular weight excluding hydrogens is 236 g/mol. The molecule has 0 saturated heterocycles. The van der Waals surface area contributed by atoms with Gasteiger partial charge in [-0.15, -0.1) is 0 Å². The fourth-order valence-electron chi connectivity index (χ4n) is 1.69. The van der Waals surface area contributed by atoms with Gasteiger partial charge in [0.1, 0.15) is 0 Å². The van der Waals surface area contributed by atoms with E-state index in [0.717, 1.165) is 12.1 Å². The Morgan fingerprint density at radius 3 is 2.35 bits per heavy atom. The molecule has 1 atom stereocenters. The minimum Gasteiger partial charge on any atom is -0.335 e. The zero-order chi connectivity index (χ0) is 12.8. The Balaban J connectivity index is 2.41. The molecule has 0 heterocycles. The molecule has 1 rings (SSSR count). The molecule has 0 spiro atoms. The third-order valence-electron chi connectivity index (χ3n) is 2.30. The van der Waals surface area contributed by atoms with Crippen LogP contribution in [-0.2, 0) is 0 Å². The maximum Gasteiger partial charge on any atom is 0.319 e. The largest absolute Gasteiger partial charge is 0.335 e. The number of anilines is 1. The van der Waals surface area contributed by atoms with Crippen molar-refractivity contribution in [1.29, 1.82) is 0 Å². The topological polar surface area (TPSA) is 41.1 Å². The third-order valence-corrected chi connectivity index (χ3v) is 2.56. The van der Waals surface area contributed by atoms with Crippen LogP contribution in [0.25, 0.3) is 0 Å². The Labute approximate surface area is 108 Å². The molecular formula is C13H19ClN2O. The van der Waals surface area contributed by atoms with E-state index in [1.165, 1.54) is 0 Å². The summed E-state index contributed by atoms with van der Waals surface area (Å²) >= 11 is 5.76. The average Bonchev–Trinajstić information content (AvgIpc) is 2.19. The summed E-state index contributed by atoms with van der Waals surface area (Å²) in [5.74, 6) is 0.570. The molecule has 1 aromatic carbocycles. The molecule has 2 N–H and O–H groups in total. The molecule has 0 aliphatic rings. The van der Waals surface area contributed by atoms with Crippen LogP contribution in [-0.4, -0.2) is 12.1 Å². The summed E-state index contributed by atoms with van der Waals surface area (Å²) in [5.41, 5.74) is 0.739. The van der Waals surface area contributed by atoms with E-state index in [0.29, 0.717) is 10.9 Å². The van der Waals surface area contributed by atoms with Gasteiger partial charge in [-0.05, 0) is 43.5 Å². The van der Waals surface area contributed by atoms with Crippen molar-refractivity contribution in [2.24, 2.45) is 5.92 Å². The molecule has 0 radical (unpaired) electrons. The third kappa shape index (κ3) is 5.59. The Morgan fingerprint density at radius 1 is 1.24 bits per heavy atom. The van der Waals surface area contributed by atoms with Crippen LogP contribution in [0.15, 0.2) is 24.3 Å². The van der Waals surface area contributed by atoms with Crippen LogP contribution in [0.1, 0.15) is 27.2 Å². The van der Waals surface area contributed by atoms with Crippen LogP contribution < -0.4 is 10.6 Å². The van der Waals surface area contributed by atoms with Crippen molar-refractivity contribution < 1.29 is 4.79 Å². The van der Waals surface area contributed by atoms with Crippen molar-refractivity contribution in [1.82, 2.24) is 5.32 Å². The van der Waals surface area contributed by atoms with E-state index in [2.05, 4.69) is 24.5 Å². The Bertz CT molecular complexity index is 362. The van der Waals surface area contributed by atoms with E-state index in [4.69, 9.17) is 11.6 Å². The predicted octanol–water partition coefficient (Wildman–Crippen LogP) is 3.90. The van der Waals surface area contributed by atoms with Crippen LogP contribution in [0.3, 0.4) is 0 Å². The second-order valence-electron chi connectivity index (χ2n) is 4.64. The molecule has 1 unspecified atom stereocenters. The predicted molar refractivity (Wildman–Crippen MR) is 72.5 cm³/mol. The first-order valence-electron chi connectivity index (χ1n) is 5.80. The molecule has 0 fully saturated rings. The highest BCUT2D eigenvalue weighted by molar-refractivity contribution is 6.30. The van der Waals surface area contributed by atoms with Gasteiger partial charge in [-0.2, -0.15) is 0 Å². The lowest BCUT2D eigenvalue weighted by atomic mass is 10.1. The summed E-state index contributed by atoms with van der Waals surface area (Å²) in [6.45, 7) is 6.27. The number of carbonyl (C=O) groups is 1. The monoisotopic (exact) mass is 254 g/mol. The quantitative estimate of drug-likeness (QED) is 0.841. The number of carbonyl (C=O) groups excluding carboxylic acids is 1. The van der Waals surface area contributed by atoms with E-state index in [1.54, 1.807) is 24.3 Å². The van der Waals surface area contributed by atoms with Gasteiger partial charge in [0, 0.05) is 16.8 Å². The van der Waals surface area contributed by atoms with Crippen LogP contribution in [0.4, 0.5) is 10.5 Å². The van der Waals surface area contributed by atoms with Crippen molar-refractivity contribution in [3.8, 4) is 0 Å². The molecule has 2 amide bonds. The van der Waals surface area contributed by atoms with Crippen molar-refractivity contribution >= 4 is 23.3 Å². The summed E-state index contributed by atoms with van der Waals surface area (Å²) in [4.78, 5) is 11.6. The Kier molecular flexibility index (Phi) is 5.29. The van der Waals surface area contributed by atoms with E-state index >= 15 is 0 Å². The highest BCUT2D eigenvalue weighted by Gasteiger charge is 2.08. The SMILES string of the molecule is CC(C)CC(C)NC(=O)Nc1ccc(Cl)cc1. The Morgan fingerprint density at radius 2 is 1.82 bits per heavy atom. The normalized spacial score (nSPS) is 12.3. The summed E-state index contributed by atoms with van der Waals surface area (Å²) in [6, 6.07) is 7.02. The highest BCUT2D eigenvalue weighted by atomic mass is 35.5. The average molecular weight is 255 g/mol.